The number of aromatic nitrogens is 3. The standard InChI is InChI=1S/C18H23FN4O3/c1-4-26-17(24)9-15(12(2)3)20-18(25)16-11-23(22-21-16)10-13-7-5-6-8-14(13)19/h5-8,11-12,15H,4,9-10H2,1-3H3,(H,20,25)/t15-/m1/s1. The molecule has 0 unspecified atom stereocenters. The van der Waals surface area contributed by atoms with E-state index in [0.29, 0.717) is 12.2 Å². The first-order valence-corrected chi connectivity index (χ1v) is 8.50. The molecule has 2 aromatic rings. The van der Waals surface area contributed by atoms with E-state index in [1.54, 1.807) is 25.1 Å². The Hall–Kier alpha value is -2.77. The quantitative estimate of drug-likeness (QED) is 0.728. The number of carbonyl (C=O) groups excluding carboxylic acids is 2. The zero-order valence-corrected chi connectivity index (χ0v) is 15.1. The van der Waals surface area contributed by atoms with Crippen LogP contribution in [0.25, 0.3) is 0 Å². The Morgan fingerprint density at radius 3 is 2.69 bits per heavy atom. The van der Waals surface area contributed by atoms with Crippen molar-refractivity contribution in [3.8, 4) is 0 Å². The van der Waals surface area contributed by atoms with E-state index >= 15 is 0 Å². The summed E-state index contributed by atoms with van der Waals surface area (Å²) in [5.74, 6) is -1.11. The van der Waals surface area contributed by atoms with Gasteiger partial charge in [-0.1, -0.05) is 37.3 Å². The van der Waals surface area contributed by atoms with Crippen molar-refractivity contribution in [1.82, 2.24) is 20.3 Å². The summed E-state index contributed by atoms with van der Waals surface area (Å²) >= 11 is 0. The van der Waals surface area contributed by atoms with Crippen LogP contribution in [0.1, 0.15) is 43.2 Å². The Morgan fingerprint density at radius 1 is 1.31 bits per heavy atom. The van der Waals surface area contributed by atoms with E-state index in [1.165, 1.54) is 16.9 Å². The minimum Gasteiger partial charge on any atom is -0.466 e. The summed E-state index contributed by atoms with van der Waals surface area (Å²) in [6.07, 6.45) is 1.53. The molecule has 0 aliphatic heterocycles. The average Bonchev–Trinajstić information content (AvgIpc) is 3.05. The maximum Gasteiger partial charge on any atom is 0.307 e. The largest absolute Gasteiger partial charge is 0.466 e. The molecule has 1 atom stereocenters. The molecule has 2 rings (SSSR count). The maximum atomic E-state index is 13.7. The summed E-state index contributed by atoms with van der Waals surface area (Å²) in [5.41, 5.74) is 0.558. The van der Waals surface area contributed by atoms with Gasteiger partial charge in [0.1, 0.15) is 5.82 Å². The third-order valence-corrected chi connectivity index (χ3v) is 3.87. The summed E-state index contributed by atoms with van der Waals surface area (Å²) in [6, 6.07) is 5.96. The van der Waals surface area contributed by atoms with E-state index < -0.39 is 5.91 Å². The lowest BCUT2D eigenvalue weighted by Gasteiger charge is -2.20. The molecule has 1 aromatic heterocycles. The van der Waals surface area contributed by atoms with Crippen LogP contribution in [0, 0.1) is 11.7 Å². The smallest absolute Gasteiger partial charge is 0.307 e. The second-order valence-corrected chi connectivity index (χ2v) is 6.23. The monoisotopic (exact) mass is 362 g/mol. The highest BCUT2D eigenvalue weighted by Crippen LogP contribution is 2.10. The number of amides is 1. The molecule has 0 spiro atoms. The van der Waals surface area contributed by atoms with Crippen molar-refractivity contribution >= 4 is 11.9 Å². The Morgan fingerprint density at radius 2 is 2.04 bits per heavy atom. The lowest BCUT2D eigenvalue weighted by atomic mass is 10.0. The average molecular weight is 362 g/mol. The minimum absolute atomic E-state index is 0.0387. The summed E-state index contributed by atoms with van der Waals surface area (Å²) in [7, 11) is 0. The Balaban J connectivity index is 2.01. The molecular weight excluding hydrogens is 339 g/mol. The van der Waals surface area contributed by atoms with Gasteiger partial charge >= 0.3 is 5.97 Å². The first kappa shape index (κ1) is 19.6. The van der Waals surface area contributed by atoms with E-state index in [2.05, 4.69) is 15.6 Å². The zero-order chi connectivity index (χ0) is 19.1. The fraction of sp³-hybridized carbons (Fsp3) is 0.444. The number of halogens is 1. The molecule has 0 aliphatic carbocycles. The van der Waals surface area contributed by atoms with Gasteiger partial charge in [0.25, 0.3) is 5.91 Å². The number of nitrogens with zero attached hydrogens (tertiary/aromatic N) is 3. The first-order chi connectivity index (χ1) is 12.4. The van der Waals surface area contributed by atoms with Gasteiger partial charge in [0.2, 0.25) is 0 Å². The summed E-state index contributed by atoms with van der Waals surface area (Å²) in [4.78, 5) is 24.1. The van der Waals surface area contributed by atoms with E-state index in [0.717, 1.165) is 0 Å². The van der Waals surface area contributed by atoms with Crippen LogP contribution in [0.15, 0.2) is 30.5 Å². The topological polar surface area (TPSA) is 86.1 Å². The molecule has 0 radical (unpaired) electrons. The van der Waals surface area contributed by atoms with E-state index in [9.17, 15) is 14.0 Å². The number of hydrogen-bond donors (Lipinski definition) is 1. The van der Waals surface area contributed by atoms with Crippen molar-refractivity contribution in [3.05, 3.63) is 47.5 Å². The summed E-state index contributed by atoms with van der Waals surface area (Å²) < 4.78 is 20.0. The highest BCUT2D eigenvalue weighted by Gasteiger charge is 2.22. The molecule has 1 heterocycles. The van der Waals surface area contributed by atoms with Gasteiger partial charge in [-0.2, -0.15) is 0 Å². The molecule has 140 valence electrons. The minimum atomic E-state index is -0.437. The van der Waals surface area contributed by atoms with Gasteiger partial charge in [0, 0.05) is 11.6 Å². The van der Waals surface area contributed by atoms with Crippen molar-refractivity contribution in [2.45, 2.75) is 39.8 Å². The number of esters is 1. The van der Waals surface area contributed by atoms with Gasteiger partial charge in [-0.25, -0.2) is 9.07 Å². The molecule has 1 aromatic carbocycles. The fourth-order valence-corrected chi connectivity index (χ4v) is 2.38. The Kier molecular flexibility index (Phi) is 6.82. The SMILES string of the molecule is CCOC(=O)C[C@@H](NC(=O)c1cn(Cc2ccccc2F)nn1)C(C)C. The third kappa shape index (κ3) is 5.37. The second kappa shape index (κ2) is 9.07. The number of nitrogens with one attached hydrogen (secondary N) is 1. The van der Waals surface area contributed by atoms with Crippen molar-refractivity contribution < 1.29 is 18.7 Å². The number of hydrogen-bond acceptors (Lipinski definition) is 5. The van der Waals surface area contributed by atoms with Crippen LogP contribution >= 0.6 is 0 Å². The Labute approximate surface area is 151 Å². The highest BCUT2D eigenvalue weighted by molar-refractivity contribution is 5.92. The Bertz CT molecular complexity index is 760. The maximum absolute atomic E-state index is 13.7. The lowest BCUT2D eigenvalue weighted by Crippen LogP contribution is -2.40. The molecule has 0 saturated heterocycles. The van der Waals surface area contributed by atoms with E-state index in [1.807, 2.05) is 13.8 Å². The number of carbonyl (C=O) groups is 2. The molecule has 7 nitrogen and oxygen atoms in total. The molecule has 1 amide bonds. The van der Waals surface area contributed by atoms with Crippen LogP contribution in [-0.4, -0.2) is 39.5 Å². The lowest BCUT2D eigenvalue weighted by molar-refractivity contribution is -0.143. The van der Waals surface area contributed by atoms with Crippen molar-refractivity contribution in [2.24, 2.45) is 5.92 Å². The fourth-order valence-electron chi connectivity index (χ4n) is 2.38. The summed E-state index contributed by atoms with van der Waals surface area (Å²) in [6.45, 7) is 6.00. The summed E-state index contributed by atoms with van der Waals surface area (Å²) in [5, 5.41) is 10.5. The van der Waals surface area contributed by atoms with Gasteiger partial charge < -0.3 is 10.1 Å². The predicted molar refractivity (Wildman–Crippen MR) is 92.9 cm³/mol. The van der Waals surface area contributed by atoms with Crippen LogP contribution in [0.2, 0.25) is 0 Å². The van der Waals surface area contributed by atoms with Crippen LogP contribution in [-0.2, 0) is 16.1 Å². The highest BCUT2D eigenvalue weighted by atomic mass is 19.1. The van der Waals surface area contributed by atoms with Gasteiger partial charge in [-0.05, 0) is 18.9 Å². The molecule has 0 saturated carbocycles. The number of benzene rings is 1. The predicted octanol–water partition coefficient (Wildman–Crippen LogP) is 2.17. The van der Waals surface area contributed by atoms with Crippen LogP contribution < -0.4 is 5.32 Å². The van der Waals surface area contributed by atoms with Gasteiger partial charge in [-0.3, -0.25) is 9.59 Å². The normalized spacial score (nSPS) is 12.0. The molecule has 8 heteroatoms. The second-order valence-electron chi connectivity index (χ2n) is 6.23. The van der Waals surface area contributed by atoms with Gasteiger partial charge in [0.05, 0.1) is 25.8 Å². The number of ether oxygens (including phenoxy) is 1. The molecule has 0 aliphatic rings. The first-order valence-electron chi connectivity index (χ1n) is 8.50. The van der Waals surface area contributed by atoms with Crippen LogP contribution in [0.3, 0.4) is 0 Å². The van der Waals surface area contributed by atoms with Crippen LogP contribution in [0.5, 0.6) is 0 Å². The third-order valence-electron chi connectivity index (χ3n) is 3.87. The van der Waals surface area contributed by atoms with Crippen molar-refractivity contribution in [1.29, 1.82) is 0 Å². The molecular formula is C18H23FN4O3. The van der Waals surface area contributed by atoms with Crippen molar-refractivity contribution in [3.63, 3.8) is 0 Å². The van der Waals surface area contributed by atoms with Crippen molar-refractivity contribution in [2.75, 3.05) is 6.61 Å². The number of rotatable bonds is 8. The van der Waals surface area contributed by atoms with Crippen LogP contribution in [0.4, 0.5) is 4.39 Å². The van der Waals surface area contributed by atoms with Gasteiger partial charge in [0.15, 0.2) is 5.69 Å². The molecule has 1 N–H and O–H groups in total. The molecule has 0 bridgehead atoms. The molecule has 26 heavy (non-hydrogen) atoms. The van der Waals surface area contributed by atoms with Gasteiger partial charge in [-0.15, -0.1) is 5.10 Å². The zero-order valence-electron chi connectivity index (χ0n) is 15.1. The van der Waals surface area contributed by atoms with E-state index in [4.69, 9.17) is 4.74 Å². The van der Waals surface area contributed by atoms with E-state index in [-0.39, 0.29) is 42.4 Å². The molecule has 0 fully saturated rings.